The third kappa shape index (κ3) is 4.67. The van der Waals surface area contributed by atoms with Crippen LogP contribution < -0.4 is 5.32 Å². The Labute approximate surface area is 132 Å². The molecule has 0 amide bonds. The van der Waals surface area contributed by atoms with Gasteiger partial charge in [0.2, 0.25) is 0 Å². The van der Waals surface area contributed by atoms with Crippen molar-refractivity contribution in [2.75, 3.05) is 40.3 Å². The predicted molar refractivity (Wildman–Crippen MR) is 91.7 cm³/mol. The molecule has 2 aliphatic rings. The Morgan fingerprint density at radius 1 is 1.10 bits per heavy atom. The highest BCUT2D eigenvalue weighted by Gasteiger charge is 2.33. The molecule has 0 spiro atoms. The molecule has 0 aromatic carbocycles. The van der Waals surface area contributed by atoms with Crippen LogP contribution >= 0.6 is 0 Å². The van der Waals surface area contributed by atoms with Crippen LogP contribution in [0.15, 0.2) is 0 Å². The van der Waals surface area contributed by atoms with Crippen molar-refractivity contribution < 1.29 is 0 Å². The summed E-state index contributed by atoms with van der Waals surface area (Å²) in [6.07, 6.45) is 8.51. The lowest BCUT2D eigenvalue weighted by Gasteiger charge is -2.43. The van der Waals surface area contributed by atoms with E-state index in [1.165, 1.54) is 58.2 Å². The Morgan fingerprint density at radius 3 is 2.57 bits per heavy atom. The Balaban J connectivity index is 1.99. The quantitative estimate of drug-likeness (QED) is 0.813. The van der Waals surface area contributed by atoms with E-state index in [0.29, 0.717) is 0 Å². The van der Waals surface area contributed by atoms with Crippen LogP contribution in [0, 0.1) is 11.8 Å². The zero-order valence-corrected chi connectivity index (χ0v) is 14.8. The van der Waals surface area contributed by atoms with Gasteiger partial charge in [0.05, 0.1) is 0 Å². The minimum absolute atomic E-state index is 0.721. The number of likely N-dealkylation sites (N-methyl/N-ethyl adjacent to an activating group) is 2. The average molecular weight is 296 g/mol. The summed E-state index contributed by atoms with van der Waals surface area (Å²) in [4.78, 5) is 5.10. The lowest BCUT2D eigenvalue weighted by molar-refractivity contribution is 0.0806. The highest BCUT2D eigenvalue weighted by Crippen LogP contribution is 2.36. The number of piperazine rings is 1. The van der Waals surface area contributed by atoms with Crippen molar-refractivity contribution in [2.24, 2.45) is 11.8 Å². The van der Waals surface area contributed by atoms with Gasteiger partial charge in [-0.1, -0.05) is 39.5 Å². The van der Waals surface area contributed by atoms with Gasteiger partial charge in [0.25, 0.3) is 0 Å². The Hall–Kier alpha value is -0.120. The number of hydrogen-bond donors (Lipinski definition) is 1. The van der Waals surface area contributed by atoms with Crippen LogP contribution in [0.2, 0.25) is 0 Å². The molecule has 2 rings (SSSR count). The molecule has 1 heterocycles. The maximum Gasteiger partial charge on any atom is 0.0235 e. The third-order valence-electron chi connectivity index (χ3n) is 5.98. The molecule has 3 nitrogen and oxygen atoms in total. The molecular formula is C18H37N3. The second kappa shape index (κ2) is 8.50. The molecule has 4 unspecified atom stereocenters. The number of rotatable bonds is 6. The molecule has 2 fully saturated rings. The monoisotopic (exact) mass is 295 g/mol. The summed E-state index contributed by atoms with van der Waals surface area (Å²) in [6.45, 7) is 9.47. The van der Waals surface area contributed by atoms with Crippen LogP contribution in [0.4, 0.5) is 0 Å². The van der Waals surface area contributed by atoms with Crippen molar-refractivity contribution in [3.05, 3.63) is 0 Å². The van der Waals surface area contributed by atoms with E-state index in [9.17, 15) is 0 Å². The smallest absolute Gasteiger partial charge is 0.0235 e. The third-order valence-corrected chi connectivity index (χ3v) is 5.98. The van der Waals surface area contributed by atoms with Gasteiger partial charge in [0.15, 0.2) is 0 Å². The van der Waals surface area contributed by atoms with Gasteiger partial charge in [0, 0.05) is 31.7 Å². The minimum Gasteiger partial charge on any atom is -0.314 e. The van der Waals surface area contributed by atoms with E-state index in [1.54, 1.807) is 0 Å². The highest BCUT2D eigenvalue weighted by atomic mass is 15.3. The van der Waals surface area contributed by atoms with Crippen LogP contribution in [0.1, 0.15) is 52.4 Å². The number of nitrogens with zero attached hydrogens (tertiary/aromatic N) is 2. The van der Waals surface area contributed by atoms with Gasteiger partial charge in [-0.15, -0.1) is 0 Å². The normalized spacial score (nSPS) is 34.0. The molecule has 3 heteroatoms. The van der Waals surface area contributed by atoms with E-state index < -0.39 is 0 Å². The van der Waals surface area contributed by atoms with Crippen molar-refractivity contribution >= 4 is 0 Å². The van der Waals surface area contributed by atoms with Gasteiger partial charge in [-0.25, -0.2) is 0 Å². The van der Waals surface area contributed by atoms with Crippen molar-refractivity contribution in [3.8, 4) is 0 Å². The van der Waals surface area contributed by atoms with E-state index in [4.69, 9.17) is 0 Å². The fraction of sp³-hybridized carbons (Fsp3) is 1.00. The summed E-state index contributed by atoms with van der Waals surface area (Å²) in [5.74, 6) is 1.86. The molecule has 21 heavy (non-hydrogen) atoms. The van der Waals surface area contributed by atoms with Crippen molar-refractivity contribution in [3.63, 3.8) is 0 Å². The summed E-state index contributed by atoms with van der Waals surface area (Å²) in [5.41, 5.74) is 0. The van der Waals surface area contributed by atoms with Crippen molar-refractivity contribution in [1.82, 2.24) is 15.1 Å². The molecule has 1 saturated carbocycles. The number of hydrogen-bond acceptors (Lipinski definition) is 3. The molecule has 1 aliphatic heterocycles. The Kier molecular flexibility index (Phi) is 6.97. The van der Waals surface area contributed by atoms with Crippen LogP contribution in [0.3, 0.4) is 0 Å². The molecule has 0 radical (unpaired) electrons. The highest BCUT2D eigenvalue weighted by molar-refractivity contribution is 4.90. The topological polar surface area (TPSA) is 18.5 Å². The van der Waals surface area contributed by atoms with Crippen molar-refractivity contribution in [2.45, 2.75) is 64.5 Å². The lowest BCUT2D eigenvalue weighted by atomic mass is 9.72. The Bertz CT molecular complexity index is 294. The van der Waals surface area contributed by atoms with Gasteiger partial charge < -0.3 is 15.1 Å². The van der Waals surface area contributed by atoms with Crippen molar-refractivity contribution in [1.29, 1.82) is 0 Å². The maximum atomic E-state index is 3.85. The molecule has 1 aliphatic carbocycles. The largest absolute Gasteiger partial charge is 0.314 e. The average Bonchev–Trinajstić information content (AvgIpc) is 2.50. The molecule has 0 bridgehead atoms. The molecule has 124 valence electrons. The summed E-state index contributed by atoms with van der Waals surface area (Å²) in [6, 6.07) is 1.45. The molecule has 0 aromatic heterocycles. The van der Waals surface area contributed by atoms with Gasteiger partial charge in [-0.05, 0) is 45.3 Å². The van der Waals surface area contributed by atoms with E-state index in [2.05, 4.69) is 43.1 Å². The summed E-state index contributed by atoms with van der Waals surface area (Å²) < 4.78 is 0. The zero-order chi connectivity index (χ0) is 15.2. The fourth-order valence-electron chi connectivity index (χ4n) is 4.59. The van der Waals surface area contributed by atoms with Crippen LogP contribution in [-0.2, 0) is 0 Å². The van der Waals surface area contributed by atoms with E-state index in [-0.39, 0.29) is 0 Å². The van der Waals surface area contributed by atoms with Gasteiger partial charge in [0.1, 0.15) is 0 Å². The minimum atomic E-state index is 0.721. The SMILES string of the molecule is CCNC(CC1CN(C)CCN1C)C1CCCCC1CC. The first-order chi connectivity index (χ1) is 10.2. The summed E-state index contributed by atoms with van der Waals surface area (Å²) >= 11 is 0. The first-order valence-corrected chi connectivity index (χ1v) is 9.27. The second-order valence-electron chi connectivity index (χ2n) is 7.41. The molecule has 4 atom stereocenters. The fourth-order valence-corrected chi connectivity index (χ4v) is 4.59. The summed E-state index contributed by atoms with van der Waals surface area (Å²) in [7, 11) is 4.59. The molecule has 1 N–H and O–H groups in total. The van der Waals surface area contributed by atoms with E-state index >= 15 is 0 Å². The predicted octanol–water partition coefficient (Wildman–Crippen LogP) is 2.82. The first-order valence-electron chi connectivity index (χ1n) is 9.27. The van der Waals surface area contributed by atoms with E-state index in [0.717, 1.165) is 30.5 Å². The second-order valence-corrected chi connectivity index (χ2v) is 7.41. The molecular weight excluding hydrogens is 258 g/mol. The Morgan fingerprint density at radius 2 is 1.86 bits per heavy atom. The van der Waals surface area contributed by atoms with Crippen LogP contribution in [0.5, 0.6) is 0 Å². The lowest BCUT2D eigenvalue weighted by Crippen LogP contribution is -2.53. The molecule has 1 saturated heterocycles. The van der Waals surface area contributed by atoms with Crippen LogP contribution in [-0.4, -0.2) is 62.2 Å². The standard InChI is InChI=1S/C18H37N3/c1-5-15-9-7-8-10-17(15)18(19-6-2)13-16-14-20(3)11-12-21(16)4/h15-19H,5-14H2,1-4H3. The maximum absolute atomic E-state index is 3.85. The zero-order valence-electron chi connectivity index (χ0n) is 14.8. The molecule has 0 aromatic rings. The van der Waals surface area contributed by atoms with Gasteiger partial charge in [-0.3, -0.25) is 0 Å². The first kappa shape index (κ1) is 17.2. The summed E-state index contributed by atoms with van der Waals surface area (Å²) in [5, 5.41) is 3.85. The van der Waals surface area contributed by atoms with Gasteiger partial charge in [-0.2, -0.15) is 0 Å². The van der Waals surface area contributed by atoms with Crippen LogP contribution in [0.25, 0.3) is 0 Å². The number of nitrogens with one attached hydrogen (secondary N) is 1. The van der Waals surface area contributed by atoms with E-state index in [1.807, 2.05) is 0 Å². The van der Waals surface area contributed by atoms with Gasteiger partial charge >= 0.3 is 0 Å².